The molecule has 0 fully saturated rings. The van der Waals surface area contributed by atoms with E-state index in [9.17, 15) is 4.39 Å². The summed E-state index contributed by atoms with van der Waals surface area (Å²) in [4.78, 5) is 2.29. The number of halogens is 1. The van der Waals surface area contributed by atoms with Crippen LogP contribution in [0, 0.1) is 11.2 Å². The van der Waals surface area contributed by atoms with Gasteiger partial charge in [0.15, 0.2) is 0 Å². The summed E-state index contributed by atoms with van der Waals surface area (Å²) < 4.78 is 12.9. The number of nitrogens with two attached hydrogens (primary N) is 1. The average molecular weight is 252 g/mol. The summed E-state index contributed by atoms with van der Waals surface area (Å²) in [5.41, 5.74) is 7.06. The maximum Gasteiger partial charge on any atom is 0.123 e. The Bertz CT molecular complexity index is 359. The molecule has 1 aromatic carbocycles. The topological polar surface area (TPSA) is 29.3 Å². The highest BCUT2D eigenvalue weighted by Crippen LogP contribution is 2.19. The number of hydrogen-bond acceptors (Lipinski definition) is 2. The maximum absolute atomic E-state index is 12.9. The van der Waals surface area contributed by atoms with Crippen LogP contribution in [-0.2, 0) is 0 Å². The normalized spacial score (nSPS) is 13.9. The second-order valence-corrected chi connectivity index (χ2v) is 6.02. The predicted molar refractivity (Wildman–Crippen MR) is 75.1 cm³/mol. The van der Waals surface area contributed by atoms with E-state index in [2.05, 4.69) is 32.7 Å². The first kappa shape index (κ1) is 15.1. The number of hydrogen-bond donors (Lipinski definition) is 1. The Morgan fingerprint density at radius 2 is 1.83 bits per heavy atom. The van der Waals surface area contributed by atoms with Gasteiger partial charge < -0.3 is 10.6 Å². The fraction of sp³-hybridized carbons (Fsp3) is 0.600. The van der Waals surface area contributed by atoms with Gasteiger partial charge in [-0.25, -0.2) is 4.39 Å². The zero-order valence-electron chi connectivity index (χ0n) is 11.9. The van der Waals surface area contributed by atoms with E-state index < -0.39 is 0 Å². The van der Waals surface area contributed by atoms with E-state index >= 15 is 0 Å². The summed E-state index contributed by atoms with van der Waals surface area (Å²) in [6, 6.07) is 6.77. The Hall–Kier alpha value is -0.930. The number of nitrogens with zero attached hydrogens (tertiary/aromatic N) is 1. The van der Waals surface area contributed by atoms with Gasteiger partial charge in [0.25, 0.3) is 0 Å². The lowest BCUT2D eigenvalue weighted by molar-refractivity contribution is 0.209. The van der Waals surface area contributed by atoms with Gasteiger partial charge in [-0.1, -0.05) is 32.9 Å². The van der Waals surface area contributed by atoms with Crippen LogP contribution in [0.3, 0.4) is 0 Å². The molecule has 1 rings (SSSR count). The summed E-state index contributed by atoms with van der Waals surface area (Å²) in [7, 11) is 2.11. The van der Waals surface area contributed by atoms with Gasteiger partial charge in [0.05, 0.1) is 0 Å². The summed E-state index contributed by atoms with van der Waals surface area (Å²) in [6.07, 6.45) is 0. The van der Waals surface area contributed by atoms with Crippen LogP contribution in [0.2, 0.25) is 0 Å². The molecule has 0 bridgehead atoms. The second kappa shape index (κ2) is 6.30. The largest absolute Gasteiger partial charge is 0.330 e. The van der Waals surface area contributed by atoms with Gasteiger partial charge in [-0.05, 0) is 42.6 Å². The van der Waals surface area contributed by atoms with Gasteiger partial charge in [-0.3, -0.25) is 0 Å². The van der Waals surface area contributed by atoms with Gasteiger partial charge in [0.2, 0.25) is 0 Å². The molecule has 0 amide bonds. The van der Waals surface area contributed by atoms with E-state index in [4.69, 9.17) is 5.73 Å². The molecule has 0 saturated carbocycles. The molecule has 3 heteroatoms. The highest BCUT2D eigenvalue weighted by atomic mass is 19.1. The van der Waals surface area contributed by atoms with E-state index in [1.54, 1.807) is 0 Å². The lowest BCUT2D eigenvalue weighted by Gasteiger charge is -2.30. The lowest BCUT2D eigenvalue weighted by atomic mass is 9.92. The minimum atomic E-state index is -0.177. The lowest BCUT2D eigenvalue weighted by Crippen LogP contribution is -2.38. The van der Waals surface area contributed by atoms with Crippen LogP contribution in [0.1, 0.15) is 32.3 Å². The number of benzene rings is 1. The van der Waals surface area contributed by atoms with E-state index in [1.165, 1.54) is 17.7 Å². The monoisotopic (exact) mass is 252 g/mol. The van der Waals surface area contributed by atoms with Crippen LogP contribution in [-0.4, -0.2) is 31.6 Å². The Labute approximate surface area is 110 Å². The van der Waals surface area contributed by atoms with E-state index in [0.717, 1.165) is 13.1 Å². The Morgan fingerprint density at radius 1 is 1.28 bits per heavy atom. The third kappa shape index (κ3) is 4.75. The van der Waals surface area contributed by atoms with E-state index in [0.29, 0.717) is 12.5 Å². The van der Waals surface area contributed by atoms with Gasteiger partial charge in [0.1, 0.15) is 5.82 Å². The molecule has 1 atom stereocenters. The van der Waals surface area contributed by atoms with Gasteiger partial charge >= 0.3 is 0 Å². The highest BCUT2D eigenvalue weighted by molar-refractivity contribution is 5.20. The molecule has 0 aromatic heterocycles. The van der Waals surface area contributed by atoms with Crippen molar-refractivity contribution >= 4 is 0 Å². The first-order valence-corrected chi connectivity index (χ1v) is 6.48. The molecule has 102 valence electrons. The molecule has 18 heavy (non-hydrogen) atoms. The molecular formula is C15H25FN2. The molecule has 0 aliphatic carbocycles. The molecule has 0 saturated heterocycles. The molecule has 0 spiro atoms. The number of rotatable bonds is 6. The van der Waals surface area contributed by atoms with Crippen LogP contribution in [0.5, 0.6) is 0 Å². The second-order valence-electron chi connectivity index (χ2n) is 6.02. The van der Waals surface area contributed by atoms with Gasteiger partial charge in [-0.15, -0.1) is 0 Å². The summed E-state index contributed by atoms with van der Waals surface area (Å²) >= 11 is 0. The summed E-state index contributed by atoms with van der Waals surface area (Å²) in [6.45, 7) is 9.11. The van der Waals surface area contributed by atoms with Crippen LogP contribution < -0.4 is 5.73 Å². The van der Waals surface area contributed by atoms with Crippen molar-refractivity contribution in [2.24, 2.45) is 11.1 Å². The third-order valence-corrected chi connectivity index (χ3v) is 3.28. The zero-order valence-corrected chi connectivity index (χ0v) is 11.9. The SMILES string of the molecule is CC(CN(C)CC(C)(C)CN)c1ccc(F)cc1. The third-order valence-electron chi connectivity index (χ3n) is 3.28. The van der Waals surface area contributed by atoms with Crippen molar-refractivity contribution in [3.63, 3.8) is 0 Å². The Balaban J connectivity index is 2.54. The smallest absolute Gasteiger partial charge is 0.123 e. The van der Waals surface area contributed by atoms with E-state index in [1.807, 2.05) is 12.1 Å². The van der Waals surface area contributed by atoms with Crippen LogP contribution in [0.4, 0.5) is 4.39 Å². The summed E-state index contributed by atoms with van der Waals surface area (Å²) in [5, 5.41) is 0. The van der Waals surface area contributed by atoms with Crippen LogP contribution >= 0.6 is 0 Å². The van der Waals surface area contributed by atoms with Crippen LogP contribution in [0.15, 0.2) is 24.3 Å². The number of likely N-dealkylation sites (N-methyl/N-ethyl adjacent to an activating group) is 1. The molecule has 0 aliphatic heterocycles. The predicted octanol–water partition coefficient (Wildman–Crippen LogP) is 2.85. The van der Waals surface area contributed by atoms with Crippen LogP contribution in [0.25, 0.3) is 0 Å². The highest BCUT2D eigenvalue weighted by Gasteiger charge is 2.19. The van der Waals surface area contributed by atoms with Crippen molar-refractivity contribution < 1.29 is 4.39 Å². The quantitative estimate of drug-likeness (QED) is 0.843. The van der Waals surface area contributed by atoms with Crippen molar-refractivity contribution in [2.75, 3.05) is 26.7 Å². The molecular weight excluding hydrogens is 227 g/mol. The van der Waals surface area contributed by atoms with Gasteiger partial charge in [-0.2, -0.15) is 0 Å². The molecule has 0 heterocycles. The van der Waals surface area contributed by atoms with Crippen molar-refractivity contribution in [1.82, 2.24) is 4.90 Å². The fourth-order valence-corrected chi connectivity index (χ4v) is 2.22. The molecule has 0 aliphatic rings. The first-order valence-electron chi connectivity index (χ1n) is 6.48. The zero-order chi connectivity index (χ0) is 13.8. The minimum absolute atomic E-state index is 0.136. The first-order chi connectivity index (χ1) is 8.34. The molecule has 1 aromatic rings. The standard InChI is InChI=1S/C15H25FN2/c1-12(13-5-7-14(16)8-6-13)9-18(4)11-15(2,3)10-17/h5-8,12H,9-11,17H2,1-4H3. The van der Waals surface area contributed by atoms with Crippen molar-refractivity contribution in [3.05, 3.63) is 35.6 Å². The summed E-state index contributed by atoms with van der Waals surface area (Å²) in [5.74, 6) is 0.216. The fourth-order valence-electron chi connectivity index (χ4n) is 2.22. The average Bonchev–Trinajstić information content (AvgIpc) is 2.29. The molecule has 2 nitrogen and oxygen atoms in total. The minimum Gasteiger partial charge on any atom is -0.330 e. The van der Waals surface area contributed by atoms with Gasteiger partial charge in [0, 0.05) is 13.1 Å². The maximum atomic E-state index is 12.9. The Morgan fingerprint density at radius 3 is 2.33 bits per heavy atom. The molecule has 0 radical (unpaired) electrons. The molecule has 1 unspecified atom stereocenters. The van der Waals surface area contributed by atoms with E-state index in [-0.39, 0.29) is 11.2 Å². The van der Waals surface area contributed by atoms with Crippen molar-refractivity contribution in [1.29, 1.82) is 0 Å². The van der Waals surface area contributed by atoms with Crippen molar-refractivity contribution in [3.8, 4) is 0 Å². The Kier molecular flexibility index (Phi) is 5.29. The molecule has 2 N–H and O–H groups in total. The van der Waals surface area contributed by atoms with Crippen molar-refractivity contribution in [2.45, 2.75) is 26.7 Å².